The molecule has 216 valence electrons. The third-order valence-corrected chi connectivity index (χ3v) is 7.95. The van der Waals surface area contributed by atoms with Gasteiger partial charge in [-0.1, -0.05) is 87.1 Å². The molecule has 1 aliphatic rings. The molecule has 0 bridgehead atoms. The molecule has 0 saturated heterocycles. The molecular weight excluding hydrogens is 516 g/mol. The average molecular weight is 557 g/mol. The molecule has 2 nitrogen and oxygen atoms in total. The van der Waals surface area contributed by atoms with E-state index in [0.717, 1.165) is 24.8 Å². The van der Waals surface area contributed by atoms with Crippen molar-refractivity contribution in [3.05, 3.63) is 88.5 Å². The Morgan fingerprint density at radius 2 is 1.40 bits per heavy atom. The van der Waals surface area contributed by atoms with Crippen molar-refractivity contribution in [3.63, 3.8) is 0 Å². The zero-order valence-corrected chi connectivity index (χ0v) is 23.6. The summed E-state index contributed by atoms with van der Waals surface area (Å²) in [6.45, 7) is 4.44. The van der Waals surface area contributed by atoms with Crippen LogP contribution in [0, 0.1) is 30.2 Å². The van der Waals surface area contributed by atoms with Gasteiger partial charge in [0.2, 0.25) is 5.82 Å². The summed E-state index contributed by atoms with van der Waals surface area (Å²) in [4.78, 5) is 0. The highest BCUT2D eigenvalue weighted by Crippen LogP contribution is 2.38. The van der Waals surface area contributed by atoms with Gasteiger partial charge in [-0.3, -0.25) is 0 Å². The molecule has 3 aromatic rings. The van der Waals surface area contributed by atoms with Crippen LogP contribution in [0.3, 0.4) is 0 Å². The smallest absolute Gasteiger partial charge is 0.200 e. The number of ether oxygens (including phenoxy) is 2. The van der Waals surface area contributed by atoms with E-state index in [0.29, 0.717) is 43.4 Å². The van der Waals surface area contributed by atoms with Gasteiger partial charge in [-0.25, -0.2) is 13.2 Å². The quantitative estimate of drug-likeness (QED) is 0.154. The van der Waals surface area contributed by atoms with Crippen molar-refractivity contribution < 1.29 is 27.0 Å². The summed E-state index contributed by atoms with van der Waals surface area (Å²) in [6.07, 6.45) is 8.95. The van der Waals surface area contributed by atoms with Crippen LogP contribution in [0.25, 0.3) is 11.1 Å². The molecule has 4 rings (SSSR count). The van der Waals surface area contributed by atoms with Crippen LogP contribution in [0.5, 0.6) is 5.75 Å². The summed E-state index contributed by atoms with van der Waals surface area (Å²) in [6, 6.07) is 13.6. The van der Waals surface area contributed by atoms with E-state index >= 15 is 0 Å². The van der Waals surface area contributed by atoms with Gasteiger partial charge in [-0.15, -0.1) is 0 Å². The molecule has 0 atom stereocenters. The Morgan fingerprint density at radius 1 is 0.700 bits per heavy atom. The van der Waals surface area contributed by atoms with Gasteiger partial charge in [0.1, 0.15) is 0 Å². The van der Waals surface area contributed by atoms with E-state index in [9.17, 15) is 17.6 Å². The van der Waals surface area contributed by atoms with E-state index in [1.165, 1.54) is 25.3 Å². The fourth-order valence-electron chi connectivity index (χ4n) is 5.44. The fourth-order valence-corrected chi connectivity index (χ4v) is 5.44. The molecule has 0 radical (unpaired) electrons. The lowest BCUT2D eigenvalue weighted by atomic mass is 9.82. The summed E-state index contributed by atoms with van der Waals surface area (Å²) in [5.74, 6) is -3.70. The van der Waals surface area contributed by atoms with Gasteiger partial charge in [-0.05, 0) is 62.1 Å². The van der Waals surface area contributed by atoms with E-state index in [2.05, 4.69) is 6.92 Å². The van der Waals surface area contributed by atoms with Gasteiger partial charge in [0.05, 0.1) is 19.3 Å². The first-order valence-electron chi connectivity index (χ1n) is 14.6. The number of hydrogen-bond acceptors (Lipinski definition) is 2. The second kappa shape index (κ2) is 14.7. The van der Waals surface area contributed by atoms with Crippen LogP contribution < -0.4 is 4.74 Å². The van der Waals surface area contributed by atoms with Crippen LogP contribution in [0.4, 0.5) is 17.6 Å². The van der Waals surface area contributed by atoms with Crippen LogP contribution in [0.15, 0.2) is 48.5 Å². The molecule has 0 N–H and O–H groups in total. The Balaban J connectivity index is 1.26. The Bertz CT molecular complexity index is 1230. The lowest BCUT2D eigenvalue weighted by Crippen LogP contribution is -2.21. The van der Waals surface area contributed by atoms with Gasteiger partial charge >= 0.3 is 0 Å². The van der Waals surface area contributed by atoms with Gasteiger partial charge in [0, 0.05) is 11.1 Å². The van der Waals surface area contributed by atoms with Gasteiger partial charge in [0.25, 0.3) is 0 Å². The molecule has 0 amide bonds. The molecule has 0 aliphatic heterocycles. The van der Waals surface area contributed by atoms with Crippen LogP contribution in [-0.4, -0.2) is 12.7 Å². The zero-order chi connectivity index (χ0) is 28.5. The van der Waals surface area contributed by atoms with Crippen LogP contribution in [0.2, 0.25) is 0 Å². The molecule has 1 aliphatic carbocycles. The molecule has 6 heteroatoms. The highest BCUT2D eigenvalue weighted by atomic mass is 19.2. The highest BCUT2D eigenvalue weighted by molar-refractivity contribution is 5.65. The van der Waals surface area contributed by atoms with Crippen molar-refractivity contribution in [2.45, 2.75) is 96.7 Å². The number of hydrogen-bond donors (Lipinski definition) is 0. The maximum Gasteiger partial charge on any atom is 0.200 e. The first-order valence-corrected chi connectivity index (χ1v) is 14.6. The predicted molar refractivity (Wildman–Crippen MR) is 152 cm³/mol. The Kier molecular flexibility index (Phi) is 11.0. The number of benzene rings is 3. The monoisotopic (exact) mass is 556 g/mol. The van der Waals surface area contributed by atoms with Gasteiger partial charge in [0.15, 0.2) is 23.2 Å². The number of aryl methyl sites for hydroxylation is 1. The molecule has 0 aromatic heterocycles. The van der Waals surface area contributed by atoms with Crippen molar-refractivity contribution in [3.8, 4) is 16.9 Å². The van der Waals surface area contributed by atoms with Crippen molar-refractivity contribution in [2.75, 3.05) is 6.61 Å². The van der Waals surface area contributed by atoms with Crippen LogP contribution >= 0.6 is 0 Å². The van der Waals surface area contributed by atoms with Crippen LogP contribution in [-0.2, 0) is 11.3 Å². The SMILES string of the molecule is CCCCCCCCOc1ccc(C2CCC(OCc3ccc(-c4ccc(C)cc4)c(F)c3F)CC2)c(F)c1F. The van der Waals surface area contributed by atoms with Crippen molar-refractivity contribution in [1.82, 2.24) is 0 Å². The predicted octanol–water partition coefficient (Wildman–Crippen LogP) is 10.2. The van der Waals surface area contributed by atoms with Gasteiger partial charge < -0.3 is 9.47 Å². The molecule has 40 heavy (non-hydrogen) atoms. The first-order chi connectivity index (χ1) is 19.4. The minimum Gasteiger partial charge on any atom is -0.490 e. The molecule has 0 heterocycles. The minimum absolute atomic E-state index is 0.0329. The summed E-state index contributed by atoms with van der Waals surface area (Å²) >= 11 is 0. The van der Waals surface area contributed by atoms with E-state index in [4.69, 9.17) is 9.47 Å². The third-order valence-electron chi connectivity index (χ3n) is 7.95. The Morgan fingerprint density at radius 3 is 2.12 bits per heavy atom. The normalized spacial score (nSPS) is 17.2. The molecule has 0 unspecified atom stereocenters. The first kappa shape index (κ1) is 30.1. The van der Waals surface area contributed by atoms with Crippen molar-refractivity contribution in [1.29, 1.82) is 0 Å². The highest BCUT2D eigenvalue weighted by Gasteiger charge is 2.27. The standard InChI is InChI=1S/C34H40F4O2/c1-3-4-5-6-7-8-21-39-30-20-19-29(33(37)34(30)38)25-13-16-27(17-14-25)40-22-26-15-18-28(32(36)31(26)35)24-11-9-23(2)10-12-24/h9-12,15,18-20,25,27H,3-8,13-14,16-17,21-22H2,1-2H3. The fraction of sp³-hybridized carbons (Fsp3) is 0.471. The second-order valence-electron chi connectivity index (χ2n) is 10.9. The van der Waals surface area contributed by atoms with E-state index in [1.807, 2.05) is 19.1 Å². The topological polar surface area (TPSA) is 18.5 Å². The van der Waals surface area contributed by atoms with Crippen LogP contribution in [0.1, 0.15) is 93.7 Å². The lowest BCUT2D eigenvalue weighted by molar-refractivity contribution is 0.0116. The number of unbranched alkanes of at least 4 members (excludes halogenated alkanes) is 5. The molecule has 1 saturated carbocycles. The van der Waals surface area contributed by atoms with E-state index < -0.39 is 23.3 Å². The maximum atomic E-state index is 14.9. The summed E-state index contributed by atoms with van der Waals surface area (Å²) in [5.41, 5.74) is 2.41. The van der Waals surface area contributed by atoms with E-state index in [1.54, 1.807) is 30.3 Å². The number of rotatable bonds is 13. The molecular formula is C34H40F4O2. The van der Waals surface area contributed by atoms with Crippen molar-refractivity contribution in [2.24, 2.45) is 0 Å². The van der Waals surface area contributed by atoms with Crippen molar-refractivity contribution >= 4 is 0 Å². The minimum atomic E-state index is -0.923. The maximum absolute atomic E-state index is 14.9. The second-order valence-corrected chi connectivity index (χ2v) is 10.9. The number of halogens is 4. The summed E-state index contributed by atoms with van der Waals surface area (Å²) < 4.78 is 70.7. The zero-order valence-electron chi connectivity index (χ0n) is 23.6. The summed E-state index contributed by atoms with van der Waals surface area (Å²) in [5, 5.41) is 0. The molecule has 3 aromatic carbocycles. The summed E-state index contributed by atoms with van der Waals surface area (Å²) in [7, 11) is 0. The average Bonchev–Trinajstić information content (AvgIpc) is 2.96. The van der Waals surface area contributed by atoms with E-state index in [-0.39, 0.29) is 35.5 Å². The third kappa shape index (κ3) is 7.66. The van der Waals surface area contributed by atoms with Gasteiger partial charge in [-0.2, -0.15) is 4.39 Å². The Labute approximate surface area is 235 Å². The molecule has 0 spiro atoms. The largest absolute Gasteiger partial charge is 0.490 e. The molecule has 1 fully saturated rings. The Hall–Kier alpha value is -2.86. The lowest BCUT2D eigenvalue weighted by Gasteiger charge is -2.29.